The minimum Gasteiger partial charge on any atom is -0.456 e. The minimum absolute atomic E-state index is 0.0362. The van der Waals surface area contributed by atoms with Gasteiger partial charge in [0.05, 0.1) is 16.9 Å². The van der Waals surface area contributed by atoms with E-state index in [2.05, 4.69) is 31.9 Å². The molecule has 0 amide bonds. The molecule has 1 fully saturated rings. The third-order valence-electron chi connectivity index (χ3n) is 7.80. The molecule has 1 aliphatic rings. The molecular formula is C31H24F3N5O3S. The zero-order chi connectivity index (χ0) is 29.7. The minimum atomic E-state index is -4.99. The van der Waals surface area contributed by atoms with Crippen molar-refractivity contribution in [3.63, 3.8) is 0 Å². The molecule has 1 aromatic carbocycles. The summed E-state index contributed by atoms with van der Waals surface area (Å²) in [5, 5.41) is 6.37. The van der Waals surface area contributed by atoms with Crippen molar-refractivity contribution in [2.24, 2.45) is 0 Å². The highest BCUT2D eigenvalue weighted by Gasteiger charge is 2.42. The van der Waals surface area contributed by atoms with Crippen molar-refractivity contribution in [2.45, 2.75) is 44.0 Å². The van der Waals surface area contributed by atoms with Crippen LogP contribution in [0.4, 0.5) is 19.0 Å². The Hall–Kier alpha value is -4.71. The number of aromatic nitrogens is 4. The molecule has 0 saturated heterocycles. The van der Waals surface area contributed by atoms with E-state index in [1.54, 1.807) is 29.9 Å². The molecule has 5 aromatic heterocycles. The lowest BCUT2D eigenvalue weighted by Crippen LogP contribution is -2.32. The van der Waals surface area contributed by atoms with Gasteiger partial charge in [0.25, 0.3) is 0 Å². The molecule has 0 bridgehead atoms. The highest BCUT2D eigenvalue weighted by atomic mass is 32.1. The molecule has 218 valence electrons. The first-order valence-electron chi connectivity index (χ1n) is 13.7. The molecule has 8 nitrogen and oxygen atoms in total. The molecule has 2 N–H and O–H groups in total. The fourth-order valence-electron chi connectivity index (χ4n) is 5.71. The van der Waals surface area contributed by atoms with Crippen LogP contribution in [-0.2, 0) is 9.53 Å². The average Bonchev–Trinajstić information content (AvgIpc) is 3.75. The van der Waals surface area contributed by atoms with Crippen LogP contribution in [0.2, 0.25) is 0 Å². The first-order valence-corrected chi connectivity index (χ1v) is 14.5. The highest BCUT2D eigenvalue weighted by molar-refractivity contribution is 7.23. The largest absolute Gasteiger partial charge is 0.490 e. The highest BCUT2D eigenvalue weighted by Crippen LogP contribution is 2.47. The maximum atomic E-state index is 12.6. The topological polar surface area (TPSA) is 109 Å². The Balaban J connectivity index is 1.21. The van der Waals surface area contributed by atoms with Gasteiger partial charge in [-0.1, -0.05) is 30.3 Å². The van der Waals surface area contributed by atoms with E-state index in [9.17, 15) is 18.0 Å². The van der Waals surface area contributed by atoms with Crippen molar-refractivity contribution in [1.82, 2.24) is 19.7 Å². The van der Waals surface area contributed by atoms with Crippen molar-refractivity contribution < 1.29 is 27.1 Å². The quantitative estimate of drug-likeness (QED) is 0.200. The summed E-state index contributed by atoms with van der Waals surface area (Å²) in [6.07, 6.45) is 4.91. The molecule has 0 aliphatic heterocycles. The van der Waals surface area contributed by atoms with Crippen LogP contribution in [0.3, 0.4) is 0 Å². The van der Waals surface area contributed by atoms with Crippen LogP contribution in [-0.4, -0.2) is 38.0 Å². The van der Waals surface area contributed by atoms with Gasteiger partial charge in [0.2, 0.25) is 0 Å². The number of benzene rings is 1. The molecule has 1 saturated carbocycles. The standard InChI is InChI=1S/C31H24F3N5O3S/c32-31(33,34)30(40)41-20-8-6-19(7-9-20)39-16-18(13-38-39)23-14-37-29(35)27-22(23)12-24(42-27)26-21-10-11-36-15-25(21)43-28(26)17-4-2-1-3-5-17/h1-5,10-16,19-20H,6-9H2,(H2,35,37). The van der Waals surface area contributed by atoms with E-state index >= 15 is 0 Å². The van der Waals surface area contributed by atoms with Gasteiger partial charge in [0.1, 0.15) is 11.9 Å². The number of anilines is 1. The molecule has 0 spiro atoms. The van der Waals surface area contributed by atoms with Crippen LogP contribution in [0.5, 0.6) is 0 Å². The first kappa shape index (κ1) is 27.1. The lowest BCUT2D eigenvalue weighted by Gasteiger charge is -2.28. The Morgan fingerprint density at radius 3 is 2.58 bits per heavy atom. The van der Waals surface area contributed by atoms with Gasteiger partial charge in [0.15, 0.2) is 11.4 Å². The third kappa shape index (κ3) is 5.01. The summed E-state index contributed by atoms with van der Waals surface area (Å²) < 4.78 is 51.7. The van der Waals surface area contributed by atoms with E-state index in [1.165, 1.54) is 0 Å². The maximum absolute atomic E-state index is 12.6. The number of pyridine rings is 2. The Labute approximate surface area is 246 Å². The van der Waals surface area contributed by atoms with Crippen molar-refractivity contribution in [3.8, 4) is 32.9 Å². The SMILES string of the molecule is Nc1ncc(-c2cnn(C3CCC(OC(=O)C(F)(F)F)CC3)c2)c2cc(-c3c(-c4ccccc4)sc4cnccc34)oc12. The predicted octanol–water partition coefficient (Wildman–Crippen LogP) is 7.81. The Morgan fingerprint density at radius 2 is 1.81 bits per heavy atom. The number of nitrogens with two attached hydrogens (primary N) is 1. The van der Waals surface area contributed by atoms with Crippen LogP contribution in [0.25, 0.3) is 53.9 Å². The fraction of sp³-hybridized carbons (Fsp3) is 0.226. The summed E-state index contributed by atoms with van der Waals surface area (Å²) in [5.41, 5.74) is 10.4. The molecule has 0 unspecified atom stereocenters. The number of fused-ring (bicyclic) bond motifs is 2. The summed E-state index contributed by atoms with van der Waals surface area (Å²) in [7, 11) is 0. The van der Waals surface area contributed by atoms with Crippen LogP contribution in [0, 0.1) is 0 Å². The zero-order valence-electron chi connectivity index (χ0n) is 22.5. The number of halogens is 3. The van der Waals surface area contributed by atoms with E-state index in [0.29, 0.717) is 37.0 Å². The molecule has 6 aromatic rings. The monoisotopic (exact) mass is 603 g/mol. The number of alkyl halides is 3. The van der Waals surface area contributed by atoms with Gasteiger partial charge in [-0.05, 0) is 43.4 Å². The second-order valence-corrected chi connectivity index (χ2v) is 11.5. The lowest BCUT2D eigenvalue weighted by atomic mass is 9.93. The van der Waals surface area contributed by atoms with Crippen LogP contribution in [0.1, 0.15) is 31.7 Å². The third-order valence-corrected chi connectivity index (χ3v) is 8.99. The Morgan fingerprint density at radius 1 is 1.02 bits per heavy atom. The van der Waals surface area contributed by atoms with Crippen LogP contribution < -0.4 is 5.73 Å². The summed E-state index contributed by atoms with van der Waals surface area (Å²) >= 11 is 1.64. The maximum Gasteiger partial charge on any atom is 0.490 e. The summed E-state index contributed by atoms with van der Waals surface area (Å²) in [4.78, 5) is 21.0. The summed E-state index contributed by atoms with van der Waals surface area (Å²) in [5.74, 6) is -1.21. The van der Waals surface area contributed by atoms with Crippen molar-refractivity contribution in [1.29, 1.82) is 0 Å². The number of esters is 1. The van der Waals surface area contributed by atoms with Gasteiger partial charge in [-0.2, -0.15) is 18.3 Å². The number of hydrogen-bond acceptors (Lipinski definition) is 8. The number of rotatable bonds is 5. The molecule has 5 heterocycles. The molecule has 12 heteroatoms. The summed E-state index contributed by atoms with van der Waals surface area (Å²) in [6.45, 7) is 0. The fourth-order valence-corrected chi connectivity index (χ4v) is 6.89. The average molecular weight is 604 g/mol. The van der Waals surface area contributed by atoms with E-state index in [0.717, 1.165) is 42.6 Å². The lowest BCUT2D eigenvalue weighted by molar-refractivity contribution is -0.206. The number of hydrogen-bond donors (Lipinski definition) is 1. The van der Waals surface area contributed by atoms with E-state index in [4.69, 9.17) is 10.2 Å². The Kier molecular flexibility index (Phi) is 6.65. The van der Waals surface area contributed by atoms with Crippen molar-refractivity contribution in [2.75, 3.05) is 5.73 Å². The Bertz CT molecular complexity index is 1960. The number of furan rings is 1. The molecule has 0 atom stereocenters. The number of ether oxygens (including phenoxy) is 1. The number of carbonyl (C=O) groups is 1. The van der Waals surface area contributed by atoms with E-state index < -0.39 is 18.2 Å². The number of nitrogens with zero attached hydrogens (tertiary/aromatic N) is 4. The van der Waals surface area contributed by atoms with Gasteiger partial charge in [-0.3, -0.25) is 9.67 Å². The second kappa shape index (κ2) is 10.5. The smallest absolute Gasteiger partial charge is 0.456 e. The normalized spacial score (nSPS) is 17.5. The molecular weight excluding hydrogens is 579 g/mol. The van der Waals surface area contributed by atoms with Gasteiger partial charge in [-0.25, -0.2) is 9.78 Å². The second-order valence-electron chi connectivity index (χ2n) is 10.5. The molecule has 7 rings (SSSR count). The predicted molar refractivity (Wildman–Crippen MR) is 157 cm³/mol. The number of carbonyl (C=O) groups excluding carboxylic acids is 1. The molecule has 0 radical (unpaired) electrons. The first-order chi connectivity index (χ1) is 20.8. The molecule has 1 aliphatic carbocycles. The van der Waals surface area contributed by atoms with Gasteiger partial charge < -0.3 is 14.9 Å². The zero-order valence-corrected chi connectivity index (χ0v) is 23.4. The van der Waals surface area contributed by atoms with Gasteiger partial charge in [-0.15, -0.1) is 11.3 Å². The van der Waals surface area contributed by atoms with Gasteiger partial charge in [0, 0.05) is 57.1 Å². The summed E-state index contributed by atoms with van der Waals surface area (Å²) in [6, 6.07) is 14.0. The van der Waals surface area contributed by atoms with Crippen molar-refractivity contribution >= 4 is 44.2 Å². The number of nitrogen functional groups attached to an aromatic ring is 1. The van der Waals surface area contributed by atoms with Crippen LogP contribution in [0.15, 0.2) is 77.9 Å². The molecule has 43 heavy (non-hydrogen) atoms. The van der Waals surface area contributed by atoms with Crippen molar-refractivity contribution in [3.05, 3.63) is 73.4 Å². The van der Waals surface area contributed by atoms with E-state index in [1.807, 2.05) is 47.4 Å². The number of thiophene rings is 1. The van der Waals surface area contributed by atoms with Gasteiger partial charge >= 0.3 is 12.1 Å². The van der Waals surface area contributed by atoms with E-state index in [-0.39, 0.29) is 11.9 Å². The van der Waals surface area contributed by atoms with Crippen LogP contribution >= 0.6 is 11.3 Å².